The Hall–Kier alpha value is -2.09. The van der Waals surface area contributed by atoms with Crippen LogP contribution in [0, 0.1) is 0 Å². The highest BCUT2D eigenvalue weighted by Crippen LogP contribution is 2.18. The molecule has 0 unspecified atom stereocenters. The molecule has 0 aliphatic heterocycles. The van der Waals surface area contributed by atoms with Gasteiger partial charge in [0, 0.05) is 25.5 Å². The van der Waals surface area contributed by atoms with Crippen molar-refractivity contribution in [2.24, 2.45) is 0 Å². The Morgan fingerprint density at radius 1 is 1.11 bits per heavy atom. The van der Waals surface area contributed by atoms with Crippen molar-refractivity contribution in [1.82, 2.24) is 9.62 Å². The van der Waals surface area contributed by atoms with E-state index in [9.17, 15) is 13.2 Å². The number of amides is 1. The van der Waals surface area contributed by atoms with Crippen molar-refractivity contribution in [3.63, 3.8) is 0 Å². The summed E-state index contributed by atoms with van der Waals surface area (Å²) in [5.74, 6) is 0.462. The van der Waals surface area contributed by atoms with E-state index in [0.29, 0.717) is 30.2 Å². The number of rotatable bonds is 9. The molecule has 8 heteroatoms. The monoisotopic (exact) mass is 410 g/mol. The first kappa shape index (κ1) is 21.2. The van der Waals surface area contributed by atoms with Gasteiger partial charge in [-0.15, -0.1) is 0 Å². The number of hydrogen-bond donors (Lipinski definition) is 1. The first-order valence-electron chi connectivity index (χ1n) is 8.46. The number of aryl methyl sites for hydroxylation is 1. The lowest BCUT2D eigenvalue weighted by Gasteiger charge is -2.12. The fraction of sp³-hybridized carbons (Fsp3) is 0.316. The molecule has 0 atom stereocenters. The van der Waals surface area contributed by atoms with Crippen molar-refractivity contribution in [1.29, 1.82) is 0 Å². The molecule has 2 aromatic rings. The van der Waals surface area contributed by atoms with Gasteiger partial charge in [0.15, 0.2) is 0 Å². The van der Waals surface area contributed by atoms with Gasteiger partial charge in [0.05, 0.1) is 11.4 Å². The summed E-state index contributed by atoms with van der Waals surface area (Å²) in [7, 11) is -0.490. The minimum Gasteiger partial charge on any atom is -0.492 e. The van der Waals surface area contributed by atoms with Crippen molar-refractivity contribution in [3.8, 4) is 5.75 Å². The summed E-state index contributed by atoms with van der Waals surface area (Å²) in [6.45, 7) is 0.650. The number of carbonyl (C=O) groups is 1. The molecule has 0 bridgehead atoms. The number of nitrogens with zero attached hydrogens (tertiary/aromatic N) is 1. The molecular weight excluding hydrogens is 388 g/mol. The predicted molar refractivity (Wildman–Crippen MR) is 106 cm³/mol. The van der Waals surface area contributed by atoms with E-state index in [1.807, 2.05) is 18.2 Å². The zero-order chi connectivity index (χ0) is 19.9. The van der Waals surface area contributed by atoms with Crippen molar-refractivity contribution >= 4 is 27.5 Å². The fourth-order valence-corrected chi connectivity index (χ4v) is 3.45. The summed E-state index contributed by atoms with van der Waals surface area (Å²) in [6, 6.07) is 13.6. The van der Waals surface area contributed by atoms with E-state index in [2.05, 4.69) is 5.32 Å². The van der Waals surface area contributed by atoms with E-state index >= 15 is 0 Å². The van der Waals surface area contributed by atoms with Crippen LogP contribution in [0.1, 0.15) is 12.0 Å². The number of hydrogen-bond acceptors (Lipinski definition) is 4. The van der Waals surface area contributed by atoms with Gasteiger partial charge in [-0.05, 0) is 42.3 Å². The maximum absolute atomic E-state index is 12.0. The van der Waals surface area contributed by atoms with E-state index in [-0.39, 0.29) is 17.4 Å². The lowest BCUT2D eigenvalue weighted by atomic mass is 10.1. The molecule has 27 heavy (non-hydrogen) atoms. The zero-order valence-electron chi connectivity index (χ0n) is 15.3. The minimum absolute atomic E-state index is 0.0778. The average molecular weight is 411 g/mol. The molecular formula is C19H23ClN2O4S. The average Bonchev–Trinajstić information content (AvgIpc) is 2.65. The van der Waals surface area contributed by atoms with E-state index in [4.69, 9.17) is 16.3 Å². The molecule has 0 aromatic heterocycles. The Morgan fingerprint density at radius 3 is 2.41 bits per heavy atom. The molecule has 0 aliphatic carbocycles. The van der Waals surface area contributed by atoms with Crippen LogP contribution in [0.4, 0.5) is 0 Å². The molecule has 0 radical (unpaired) electrons. The van der Waals surface area contributed by atoms with Crippen LogP contribution in [0.5, 0.6) is 5.75 Å². The van der Waals surface area contributed by atoms with Crippen LogP contribution in [0.3, 0.4) is 0 Å². The second-order valence-electron chi connectivity index (χ2n) is 6.05. The highest BCUT2D eigenvalue weighted by Gasteiger charge is 2.16. The van der Waals surface area contributed by atoms with Crippen molar-refractivity contribution < 1.29 is 17.9 Å². The molecule has 2 rings (SSSR count). The second kappa shape index (κ2) is 9.73. The third-order valence-corrected chi connectivity index (χ3v) is 6.07. The fourth-order valence-electron chi connectivity index (χ4n) is 2.32. The Kier molecular flexibility index (Phi) is 7.65. The standard InChI is InChI=1S/C19H23ClN2O4S/c1-22(2)27(24,25)17-10-8-16(9-11-17)26-14-13-21-19(23)12-7-15-5-3-4-6-18(15)20/h3-6,8-11H,7,12-14H2,1-2H3,(H,21,23). The molecule has 2 aromatic carbocycles. The van der Waals surface area contributed by atoms with Crippen LogP contribution in [0.25, 0.3) is 0 Å². The summed E-state index contributed by atoms with van der Waals surface area (Å²) >= 11 is 6.07. The molecule has 0 spiro atoms. The number of halogens is 1. The Bertz CT molecular complexity index is 868. The van der Waals surface area contributed by atoms with Gasteiger partial charge in [0.25, 0.3) is 0 Å². The third-order valence-electron chi connectivity index (χ3n) is 3.87. The zero-order valence-corrected chi connectivity index (χ0v) is 16.9. The van der Waals surface area contributed by atoms with Gasteiger partial charge in [-0.3, -0.25) is 4.79 Å². The van der Waals surface area contributed by atoms with E-state index in [0.717, 1.165) is 9.87 Å². The van der Waals surface area contributed by atoms with Crippen LogP contribution >= 0.6 is 11.6 Å². The summed E-state index contributed by atoms with van der Waals surface area (Å²) in [5.41, 5.74) is 0.943. The summed E-state index contributed by atoms with van der Waals surface area (Å²) in [6.07, 6.45) is 0.926. The highest BCUT2D eigenvalue weighted by molar-refractivity contribution is 7.89. The molecule has 0 saturated heterocycles. The largest absolute Gasteiger partial charge is 0.492 e. The van der Waals surface area contributed by atoms with Gasteiger partial charge in [-0.25, -0.2) is 12.7 Å². The van der Waals surface area contributed by atoms with Gasteiger partial charge in [0.2, 0.25) is 15.9 Å². The summed E-state index contributed by atoms with van der Waals surface area (Å²) < 4.78 is 30.7. The second-order valence-corrected chi connectivity index (χ2v) is 8.61. The summed E-state index contributed by atoms with van der Waals surface area (Å²) in [5, 5.41) is 3.44. The van der Waals surface area contributed by atoms with Crippen molar-refractivity contribution in [2.45, 2.75) is 17.7 Å². The SMILES string of the molecule is CN(C)S(=O)(=O)c1ccc(OCCNC(=O)CCc2ccccc2Cl)cc1. The number of sulfonamides is 1. The minimum atomic E-state index is -3.45. The topological polar surface area (TPSA) is 75.7 Å². The molecule has 0 aliphatic rings. The predicted octanol–water partition coefficient (Wildman–Crippen LogP) is 2.72. The molecule has 1 N–H and O–H groups in total. The van der Waals surface area contributed by atoms with Crippen molar-refractivity contribution in [2.75, 3.05) is 27.2 Å². The van der Waals surface area contributed by atoms with Gasteiger partial charge in [0.1, 0.15) is 12.4 Å². The molecule has 1 amide bonds. The lowest BCUT2D eigenvalue weighted by molar-refractivity contribution is -0.121. The van der Waals surface area contributed by atoms with Crippen LogP contribution < -0.4 is 10.1 Å². The number of nitrogens with one attached hydrogen (secondary N) is 1. The molecule has 146 valence electrons. The van der Waals surface area contributed by atoms with Crippen LogP contribution in [-0.2, 0) is 21.2 Å². The van der Waals surface area contributed by atoms with Crippen molar-refractivity contribution in [3.05, 3.63) is 59.1 Å². The molecule has 0 fully saturated rings. The Morgan fingerprint density at radius 2 is 1.78 bits per heavy atom. The quantitative estimate of drug-likeness (QED) is 0.645. The smallest absolute Gasteiger partial charge is 0.242 e. The molecule has 0 saturated carbocycles. The van der Waals surface area contributed by atoms with Crippen LogP contribution in [0.15, 0.2) is 53.4 Å². The van der Waals surface area contributed by atoms with E-state index < -0.39 is 10.0 Å². The number of benzene rings is 2. The van der Waals surface area contributed by atoms with E-state index in [1.165, 1.54) is 26.2 Å². The van der Waals surface area contributed by atoms with Gasteiger partial charge < -0.3 is 10.1 Å². The van der Waals surface area contributed by atoms with Gasteiger partial charge in [-0.1, -0.05) is 29.8 Å². The number of ether oxygens (including phenoxy) is 1. The van der Waals surface area contributed by atoms with Gasteiger partial charge >= 0.3 is 0 Å². The highest BCUT2D eigenvalue weighted by atomic mass is 35.5. The number of carbonyl (C=O) groups excluding carboxylic acids is 1. The normalized spacial score (nSPS) is 11.4. The maximum Gasteiger partial charge on any atom is 0.242 e. The molecule has 0 heterocycles. The first-order valence-corrected chi connectivity index (χ1v) is 10.3. The lowest BCUT2D eigenvalue weighted by Crippen LogP contribution is -2.28. The van der Waals surface area contributed by atoms with Crippen LogP contribution in [0.2, 0.25) is 5.02 Å². The third kappa shape index (κ3) is 6.23. The Balaban J connectivity index is 1.72. The molecule has 6 nitrogen and oxygen atoms in total. The first-order chi connectivity index (χ1) is 12.8. The van der Waals surface area contributed by atoms with E-state index in [1.54, 1.807) is 18.2 Å². The summed E-state index contributed by atoms with van der Waals surface area (Å²) in [4.78, 5) is 12.1. The maximum atomic E-state index is 12.0. The van der Waals surface area contributed by atoms with Crippen LogP contribution in [-0.4, -0.2) is 45.9 Å². The Labute approximate surface area is 165 Å². The van der Waals surface area contributed by atoms with Gasteiger partial charge in [-0.2, -0.15) is 0 Å².